The fraction of sp³-hybridized carbons (Fsp3) is 0.250. The Morgan fingerprint density at radius 2 is 2.50 bits per heavy atom. The number of aliphatic hydroxyl groups is 1. The minimum absolute atomic E-state index is 0.428. The lowest BCUT2D eigenvalue weighted by Gasteiger charge is -2.07. The van der Waals surface area contributed by atoms with Crippen molar-refractivity contribution in [1.29, 1.82) is 0 Å². The molecule has 0 saturated carbocycles. The van der Waals surface area contributed by atoms with Crippen molar-refractivity contribution in [2.75, 3.05) is 7.05 Å². The standard InChI is InChI=1S/C8H10N2O2/c1-9-8(12)7(11)6-3-2-4-10-5-6/h2-5,7,11H,1H3,(H,9,12). The molecule has 1 amide bonds. The van der Waals surface area contributed by atoms with Crippen molar-refractivity contribution in [3.05, 3.63) is 30.1 Å². The first kappa shape index (κ1) is 8.67. The number of hydrogen-bond acceptors (Lipinski definition) is 3. The highest BCUT2D eigenvalue weighted by atomic mass is 16.3. The minimum atomic E-state index is -1.12. The van der Waals surface area contributed by atoms with Crippen LogP contribution in [0.25, 0.3) is 0 Å². The second-order valence-corrected chi connectivity index (χ2v) is 2.30. The lowest BCUT2D eigenvalue weighted by Crippen LogP contribution is -2.25. The van der Waals surface area contributed by atoms with Crippen molar-refractivity contribution in [3.63, 3.8) is 0 Å². The van der Waals surface area contributed by atoms with Gasteiger partial charge in [-0.3, -0.25) is 9.78 Å². The number of carbonyl (C=O) groups is 1. The Morgan fingerprint density at radius 3 is 3.00 bits per heavy atom. The topological polar surface area (TPSA) is 62.2 Å². The first-order chi connectivity index (χ1) is 5.75. The molecule has 4 heteroatoms. The summed E-state index contributed by atoms with van der Waals surface area (Å²) < 4.78 is 0. The Kier molecular flexibility index (Phi) is 2.76. The molecule has 0 aromatic carbocycles. The number of carbonyl (C=O) groups excluding carboxylic acids is 1. The molecule has 1 heterocycles. The van der Waals surface area contributed by atoms with Gasteiger partial charge in [0.1, 0.15) is 0 Å². The second-order valence-electron chi connectivity index (χ2n) is 2.30. The van der Waals surface area contributed by atoms with Gasteiger partial charge in [0, 0.05) is 25.0 Å². The molecule has 1 aromatic rings. The van der Waals surface area contributed by atoms with Crippen molar-refractivity contribution < 1.29 is 9.90 Å². The minimum Gasteiger partial charge on any atom is -0.378 e. The van der Waals surface area contributed by atoms with Gasteiger partial charge in [-0.25, -0.2) is 0 Å². The smallest absolute Gasteiger partial charge is 0.253 e. The molecule has 0 bridgehead atoms. The van der Waals surface area contributed by atoms with Crippen LogP contribution in [-0.2, 0) is 4.79 Å². The summed E-state index contributed by atoms with van der Waals surface area (Å²) in [7, 11) is 1.47. The maximum atomic E-state index is 10.9. The third-order valence-electron chi connectivity index (χ3n) is 1.49. The van der Waals surface area contributed by atoms with Crippen molar-refractivity contribution in [2.24, 2.45) is 0 Å². The lowest BCUT2D eigenvalue weighted by molar-refractivity contribution is -0.129. The Bertz CT molecular complexity index is 261. The van der Waals surface area contributed by atoms with E-state index in [0.717, 1.165) is 0 Å². The predicted molar refractivity (Wildman–Crippen MR) is 43.3 cm³/mol. The number of rotatable bonds is 2. The SMILES string of the molecule is CNC(=O)C(O)c1cccnc1. The monoisotopic (exact) mass is 166 g/mol. The third kappa shape index (κ3) is 1.79. The Hall–Kier alpha value is -1.42. The fourth-order valence-corrected chi connectivity index (χ4v) is 0.826. The molecule has 1 aromatic heterocycles. The molecule has 1 rings (SSSR count). The first-order valence-corrected chi connectivity index (χ1v) is 3.55. The zero-order valence-corrected chi connectivity index (χ0v) is 6.69. The molecule has 12 heavy (non-hydrogen) atoms. The van der Waals surface area contributed by atoms with E-state index in [1.165, 1.54) is 13.2 Å². The van der Waals surface area contributed by atoms with Crippen LogP contribution < -0.4 is 5.32 Å². The summed E-state index contributed by atoms with van der Waals surface area (Å²) in [5.41, 5.74) is 0.497. The van der Waals surface area contributed by atoms with E-state index in [9.17, 15) is 9.90 Å². The molecular formula is C8H10N2O2. The van der Waals surface area contributed by atoms with Crippen molar-refractivity contribution in [2.45, 2.75) is 6.10 Å². The van der Waals surface area contributed by atoms with Crippen LogP contribution in [0.5, 0.6) is 0 Å². The zero-order valence-electron chi connectivity index (χ0n) is 6.69. The summed E-state index contributed by atoms with van der Waals surface area (Å²) in [4.78, 5) is 14.7. The molecule has 0 saturated heterocycles. The molecule has 0 aliphatic heterocycles. The van der Waals surface area contributed by atoms with Crippen LogP contribution in [0.3, 0.4) is 0 Å². The largest absolute Gasteiger partial charge is 0.378 e. The molecule has 64 valence electrons. The van der Waals surface area contributed by atoms with Crippen LogP contribution in [-0.4, -0.2) is 23.0 Å². The van der Waals surface area contributed by atoms with Crippen LogP contribution in [0.1, 0.15) is 11.7 Å². The predicted octanol–water partition coefficient (Wildman–Crippen LogP) is -0.139. The molecule has 2 N–H and O–H groups in total. The normalized spacial score (nSPS) is 12.2. The van der Waals surface area contributed by atoms with Crippen molar-refractivity contribution >= 4 is 5.91 Å². The van der Waals surface area contributed by atoms with Crippen LogP contribution in [0.15, 0.2) is 24.5 Å². The molecule has 1 unspecified atom stereocenters. The van der Waals surface area contributed by atoms with Gasteiger partial charge in [-0.2, -0.15) is 0 Å². The lowest BCUT2D eigenvalue weighted by atomic mass is 10.1. The number of aromatic nitrogens is 1. The highest BCUT2D eigenvalue weighted by molar-refractivity contribution is 5.81. The van der Waals surface area contributed by atoms with Gasteiger partial charge in [0.25, 0.3) is 5.91 Å². The van der Waals surface area contributed by atoms with Crippen LogP contribution >= 0.6 is 0 Å². The van der Waals surface area contributed by atoms with Crippen LogP contribution in [0.2, 0.25) is 0 Å². The van der Waals surface area contributed by atoms with E-state index in [0.29, 0.717) is 5.56 Å². The average Bonchev–Trinajstić information content (AvgIpc) is 2.17. The molecule has 0 spiro atoms. The molecule has 1 atom stereocenters. The molecule has 4 nitrogen and oxygen atoms in total. The Labute approximate surface area is 70.3 Å². The first-order valence-electron chi connectivity index (χ1n) is 3.55. The van der Waals surface area contributed by atoms with Gasteiger partial charge >= 0.3 is 0 Å². The summed E-state index contributed by atoms with van der Waals surface area (Å²) >= 11 is 0. The van der Waals surface area contributed by atoms with Gasteiger partial charge in [0.15, 0.2) is 6.10 Å². The fourth-order valence-electron chi connectivity index (χ4n) is 0.826. The molecule has 0 aliphatic rings. The van der Waals surface area contributed by atoms with Crippen LogP contribution in [0.4, 0.5) is 0 Å². The second kappa shape index (κ2) is 3.82. The number of nitrogens with zero attached hydrogens (tertiary/aromatic N) is 1. The van der Waals surface area contributed by atoms with Gasteiger partial charge in [-0.05, 0) is 6.07 Å². The van der Waals surface area contributed by atoms with Gasteiger partial charge in [0.05, 0.1) is 0 Å². The molecular weight excluding hydrogens is 156 g/mol. The van der Waals surface area contributed by atoms with Crippen molar-refractivity contribution in [1.82, 2.24) is 10.3 Å². The van der Waals surface area contributed by atoms with E-state index in [-0.39, 0.29) is 0 Å². The molecule has 0 radical (unpaired) electrons. The van der Waals surface area contributed by atoms with Gasteiger partial charge < -0.3 is 10.4 Å². The maximum Gasteiger partial charge on any atom is 0.253 e. The van der Waals surface area contributed by atoms with E-state index < -0.39 is 12.0 Å². The average molecular weight is 166 g/mol. The number of nitrogens with one attached hydrogen (secondary N) is 1. The number of amides is 1. The highest BCUT2D eigenvalue weighted by Crippen LogP contribution is 2.09. The van der Waals surface area contributed by atoms with Gasteiger partial charge in [0.2, 0.25) is 0 Å². The quantitative estimate of drug-likeness (QED) is 0.642. The number of likely N-dealkylation sites (N-methyl/N-ethyl adjacent to an activating group) is 1. The zero-order chi connectivity index (χ0) is 8.97. The summed E-state index contributed by atoms with van der Waals surface area (Å²) in [5, 5.41) is 11.7. The maximum absolute atomic E-state index is 10.9. The third-order valence-corrected chi connectivity index (χ3v) is 1.49. The number of pyridine rings is 1. The van der Waals surface area contributed by atoms with Gasteiger partial charge in [-0.15, -0.1) is 0 Å². The molecule has 0 fully saturated rings. The molecule has 0 aliphatic carbocycles. The summed E-state index contributed by atoms with van der Waals surface area (Å²) in [6.45, 7) is 0. The Morgan fingerprint density at radius 1 is 1.75 bits per heavy atom. The number of aliphatic hydroxyl groups excluding tert-OH is 1. The number of hydrogen-bond donors (Lipinski definition) is 2. The van der Waals surface area contributed by atoms with Crippen LogP contribution in [0, 0.1) is 0 Å². The van der Waals surface area contributed by atoms with E-state index in [2.05, 4.69) is 10.3 Å². The Balaban J connectivity index is 2.78. The summed E-state index contributed by atoms with van der Waals surface area (Å²) in [5.74, 6) is -0.428. The summed E-state index contributed by atoms with van der Waals surface area (Å²) in [6, 6.07) is 3.31. The van der Waals surface area contributed by atoms with Gasteiger partial charge in [-0.1, -0.05) is 6.07 Å². The van der Waals surface area contributed by atoms with E-state index in [1.807, 2.05) is 0 Å². The van der Waals surface area contributed by atoms with E-state index >= 15 is 0 Å². The highest BCUT2D eigenvalue weighted by Gasteiger charge is 2.14. The summed E-state index contributed by atoms with van der Waals surface area (Å²) in [6.07, 6.45) is 1.92. The van der Waals surface area contributed by atoms with E-state index in [4.69, 9.17) is 0 Å². The van der Waals surface area contributed by atoms with Crippen molar-refractivity contribution in [3.8, 4) is 0 Å². The van der Waals surface area contributed by atoms with E-state index in [1.54, 1.807) is 18.3 Å².